The summed E-state index contributed by atoms with van der Waals surface area (Å²) in [6, 6.07) is 8.72. The summed E-state index contributed by atoms with van der Waals surface area (Å²) in [5.74, 6) is 1.18. The molecule has 2 heteroatoms. The Morgan fingerprint density at radius 2 is 1.75 bits per heavy atom. The van der Waals surface area contributed by atoms with Crippen molar-refractivity contribution in [3.05, 3.63) is 35.4 Å². The van der Waals surface area contributed by atoms with Crippen LogP contribution < -0.4 is 5.32 Å². The van der Waals surface area contributed by atoms with Crippen molar-refractivity contribution < 1.29 is 0 Å². The number of benzene rings is 1. The molecule has 1 aromatic carbocycles. The highest BCUT2D eigenvalue weighted by Crippen LogP contribution is 2.21. The summed E-state index contributed by atoms with van der Waals surface area (Å²) in [7, 11) is 0. The first-order valence-corrected chi connectivity index (χ1v) is 6.86. The first kappa shape index (κ1) is 13.6. The zero-order valence-electron chi connectivity index (χ0n) is 10.8. The SMILES string of the molecule is Cc1ccc(CNCCSC(C)(C)C)cc1. The van der Waals surface area contributed by atoms with E-state index in [1.807, 2.05) is 11.8 Å². The molecule has 0 saturated heterocycles. The number of aryl methyl sites for hydroxylation is 1. The standard InChI is InChI=1S/C14H23NS/c1-12-5-7-13(8-6-12)11-15-9-10-16-14(2,3)4/h5-8,15H,9-11H2,1-4H3. The fourth-order valence-corrected chi connectivity index (χ4v) is 2.23. The third kappa shape index (κ3) is 6.19. The van der Waals surface area contributed by atoms with E-state index >= 15 is 0 Å². The van der Waals surface area contributed by atoms with Gasteiger partial charge in [-0.1, -0.05) is 50.6 Å². The number of hydrogen-bond donors (Lipinski definition) is 1. The third-order valence-electron chi connectivity index (χ3n) is 2.26. The summed E-state index contributed by atoms with van der Waals surface area (Å²) in [4.78, 5) is 0. The maximum atomic E-state index is 3.47. The predicted molar refractivity (Wildman–Crippen MR) is 75.1 cm³/mol. The van der Waals surface area contributed by atoms with Gasteiger partial charge in [-0.05, 0) is 12.5 Å². The average Bonchev–Trinajstić information content (AvgIpc) is 2.19. The number of hydrogen-bond acceptors (Lipinski definition) is 2. The summed E-state index contributed by atoms with van der Waals surface area (Å²) in [5, 5.41) is 3.47. The fraction of sp³-hybridized carbons (Fsp3) is 0.571. The summed E-state index contributed by atoms with van der Waals surface area (Å²) in [5.41, 5.74) is 2.69. The predicted octanol–water partition coefficient (Wildman–Crippen LogP) is 3.62. The van der Waals surface area contributed by atoms with Crippen LogP contribution in [-0.4, -0.2) is 17.0 Å². The van der Waals surface area contributed by atoms with Gasteiger partial charge in [0.1, 0.15) is 0 Å². The minimum Gasteiger partial charge on any atom is -0.312 e. The summed E-state index contributed by atoms with van der Waals surface area (Å²) in [6.45, 7) is 11.0. The van der Waals surface area contributed by atoms with Crippen LogP contribution in [0.4, 0.5) is 0 Å². The molecule has 0 aliphatic carbocycles. The van der Waals surface area contributed by atoms with Crippen LogP contribution in [0.15, 0.2) is 24.3 Å². The Morgan fingerprint density at radius 1 is 1.12 bits per heavy atom. The summed E-state index contributed by atoms with van der Waals surface area (Å²) >= 11 is 2.01. The topological polar surface area (TPSA) is 12.0 Å². The molecule has 1 nitrogen and oxygen atoms in total. The van der Waals surface area contributed by atoms with Crippen molar-refractivity contribution in [2.24, 2.45) is 0 Å². The van der Waals surface area contributed by atoms with Crippen LogP contribution in [-0.2, 0) is 6.54 Å². The molecule has 0 bridgehead atoms. The van der Waals surface area contributed by atoms with Gasteiger partial charge in [-0.2, -0.15) is 11.8 Å². The van der Waals surface area contributed by atoms with Crippen LogP contribution in [0, 0.1) is 6.92 Å². The molecule has 0 unspecified atom stereocenters. The second kappa shape index (κ2) is 6.31. The molecular formula is C14H23NS. The Bertz CT molecular complexity index is 298. The minimum atomic E-state index is 0.380. The van der Waals surface area contributed by atoms with Gasteiger partial charge in [-0.3, -0.25) is 0 Å². The molecule has 0 atom stereocenters. The van der Waals surface area contributed by atoms with Crippen molar-refractivity contribution in [1.29, 1.82) is 0 Å². The molecular weight excluding hydrogens is 214 g/mol. The van der Waals surface area contributed by atoms with Crippen LogP contribution in [0.5, 0.6) is 0 Å². The number of thioether (sulfide) groups is 1. The second-order valence-corrected chi connectivity index (χ2v) is 7.04. The van der Waals surface area contributed by atoms with E-state index in [9.17, 15) is 0 Å². The molecule has 0 aliphatic heterocycles. The van der Waals surface area contributed by atoms with Crippen molar-refractivity contribution in [2.75, 3.05) is 12.3 Å². The lowest BCUT2D eigenvalue weighted by atomic mass is 10.1. The van der Waals surface area contributed by atoms with Crippen molar-refractivity contribution in [3.8, 4) is 0 Å². The van der Waals surface area contributed by atoms with E-state index in [4.69, 9.17) is 0 Å². The van der Waals surface area contributed by atoms with Crippen molar-refractivity contribution in [1.82, 2.24) is 5.32 Å². The van der Waals surface area contributed by atoms with E-state index in [1.54, 1.807) is 0 Å². The monoisotopic (exact) mass is 237 g/mol. The third-order valence-corrected chi connectivity index (χ3v) is 3.54. The van der Waals surface area contributed by atoms with Crippen LogP contribution in [0.25, 0.3) is 0 Å². The molecule has 1 rings (SSSR count). The van der Waals surface area contributed by atoms with Crippen molar-refractivity contribution in [3.63, 3.8) is 0 Å². The number of nitrogens with one attached hydrogen (secondary N) is 1. The molecule has 0 saturated carbocycles. The van der Waals surface area contributed by atoms with Gasteiger partial charge in [-0.25, -0.2) is 0 Å². The highest BCUT2D eigenvalue weighted by Gasteiger charge is 2.08. The molecule has 0 aromatic heterocycles. The van der Waals surface area contributed by atoms with E-state index in [1.165, 1.54) is 16.9 Å². The molecule has 0 amide bonds. The molecule has 90 valence electrons. The molecule has 1 N–H and O–H groups in total. The molecule has 0 radical (unpaired) electrons. The lowest BCUT2D eigenvalue weighted by molar-refractivity contribution is 0.725. The normalized spacial score (nSPS) is 11.8. The van der Waals surface area contributed by atoms with Gasteiger partial charge < -0.3 is 5.32 Å². The van der Waals surface area contributed by atoms with Gasteiger partial charge in [0.25, 0.3) is 0 Å². The van der Waals surface area contributed by atoms with E-state index in [0.29, 0.717) is 4.75 Å². The molecule has 0 spiro atoms. The fourth-order valence-electron chi connectivity index (χ4n) is 1.37. The lowest BCUT2D eigenvalue weighted by Crippen LogP contribution is -2.19. The first-order valence-electron chi connectivity index (χ1n) is 5.87. The highest BCUT2D eigenvalue weighted by molar-refractivity contribution is 8.00. The van der Waals surface area contributed by atoms with Gasteiger partial charge in [0.15, 0.2) is 0 Å². The van der Waals surface area contributed by atoms with E-state index in [2.05, 4.69) is 57.3 Å². The molecule has 16 heavy (non-hydrogen) atoms. The Morgan fingerprint density at radius 3 is 2.31 bits per heavy atom. The summed E-state index contributed by atoms with van der Waals surface area (Å²) in [6.07, 6.45) is 0. The van der Waals surface area contributed by atoms with Gasteiger partial charge in [-0.15, -0.1) is 0 Å². The van der Waals surface area contributed by atoms with E-state index in [0.717, 1.165) is 13.1 Å². The maximum absolute atomic E-state index is 3.47. The van der Waals surface area contributed by atoms with Crippen LogP contribution >= 0.6 is 11.8 Å². The highest BCUT2D eigenvalue weighted by atomic mass is 32.2. The second-order valence-electron chi connectivity index (χ2n) is 5.12. The quantitative estimate of drug-likeness (QED) is 0.785. The molecule has 0 aliphatic rings. The van der Waals surface area contributed by atoms with Crippen LogP contribution in [0.3, 0.4) is 0 Å². The summed E-state index contributed by atoms with van der Waals surface area (Å²) < 4.78 is 0.380. The molecule has 1 aromatic rings. The Kier molecular flexibility index (Phi) is 5.36. The number of rotatable bonds is 5. The first-order chi connectivity index (χ1) is 7.47. The zero-order valence-corrected chi connectivity index (χ0v) is 11.7. The van der Waals surface area contributed by atoms with E-state index < -0.39 is 0 Å². The largest absolute Gasteiger partial charge is 0.312 e. The molecule has 0 heterocycles. The Labute approximate surface area is 104 Å². The lowest BCUT2D eigenvalue weighted by Gasteiger charge is -2.17. The molecule has 0 fully saturated rings. The smallest absolute Gasteiger partial charge is 0.0205 e. The minimum absolute atomic E-state index is 0.380. The van der Waals surface area contributed by atoms with E-state index in [-0.39, 0.29) is 0 Å². The van der Waals surface area contributed by atoms with Gasteiger partial charge in [0, 0.05) is 23.6 Å². The van der Waals surface area contributed by atoms with Crippen molar-refractivity contribution in [2.45, 2.75) is 39.0 Å². The average molecular weight is 237 g/mol. The van der Waals surface area contributed by atoms with Crippen LogP contribution in [0.2, 0.25) is 0 Å². The van der Waals surface area contributed by atoms with Crippen LogP contribution in [0.1, 0.15) is 31.9 Å². The Hall–Kier alpha value is -0.470. The van der Waals surface area contributed by atoms with Gasteiger partial charge in [0.05, 0.1) is 0 Å². The maximum Gasteiger partial charge on any atom is 0.0205 e. The van der Waals surface area contributed by atoms with Gasteiger partial charge >= 0.3 is 0 Å². The Balaban J connectivity index is 2.14. The van der Waals surface area contributed by atoms with Crippen molar-refractivity contribution >= 4 is 11.8 Å². The zero-order chi connectivity index (χ0) is 12.0. The van der Waals surface area contributed by atoms with Gasteiger partial charge in [0.2, 0.25) is 0 Å².